The maximum Gasteiger partial charge on any atom is 0.243 e. The Morgan fingerprint density at radius 1 is 1.37 bits per heavy atom. The largest absolute Gasteiger partial charge is 0.447 e. The molecule has 19 heavy (non-hydrogen) atoms. The van der Waals surface area contributed by atoms with Gasteiger partial charge in [0.05, 0.1) is 5.56 Å². The van der Waals surface area contributed by atoms with Crippen molar-refractivity contribution in [2.75, 3.05) is 0 Å². The normalized spacial score (nSPS) is 21.1. The highest BCUT2D eigenvalue weighted by Crippen LogP contribution is 2.39. The van der Waals surface area contributed by atoms with Crippen LogP contribution in [0, 0.1) is 0 Å². The molecular formula is C14H17N3O2. The lowest BCUT2D eigenvalue weighted by molar-refractivity contribution is -0.151. The minimum Gasteiger partial charge on any atom is -0.447 e. The van der Waals surface area contributed by atoms with Crippen LogP contribution in [-0.4, -0.2) is 27.5 Å². The van der Waals surface area contributed by atoms with E-state index in [0.717, 1.165) is 31.2 Å². The summed E-state index contributed by atoms with van der Waals surface area (Å²) >= 11 is 0. The van der Waals surface area contributed by atoms with Gasteiger partial charge in [0.15, 0.2) is 0 Å². The highest BCUT2D eigenvalue weighted by atomic mass is 16.6. The number of aromatic nitrogens is 1. The number of hydrogen-bond acceptors (Lipinski definition) is 4. The minimum absolute atomic E-state index is 0.0687. The van der Waals surface area contributed by atoms with Gasteiger partial charge in [-0.25, -0.2) is 0 Å². The van der Waals surface area contributed by atoms with Gasteiger partial charge in [0.25, 0.3) is 0 Å². The van der Waals surface area contributed by atoms with Gasteiger partial charge in [0, 0.05) is 32.2 Å². The molecule has 1 aromatic rings. The van der Waals surface area contributed by atoms with Gasteiger partial charge in [-0.3, -0.25) is 9.78 Å². The van der Waals surface area contributed by atoms with E-state index in [1.807, 2.05) is 12.1 Å². The highest BCUT2D eigenvalue weighted by molar-refractivity contribution is 5.96. The second kappa shape index (κ2) is 4.64. The fourth-order valence-corrected chi connectivity index (χ4v) is 2.81. The number of carbonyl (C=O) groups is 1. The van der Waals surface area contributed by atoms with E-state index in [1.54, 1.807) is 12.4 Å². The average Bonchev–Trinajstić information content (AvgIpc) is 2.80. The molecule has 1 fully saturated rings. The summed E-state index contributed by atoms with van der Waals surface area (Å²) in [6, 6.07) is 3.73. The monoisotopic (exact) mass is 259 g/mol. The van der Waals surface area contributed by atoms with E-state index >= 15 is 0 Å². The Kier molecular flexibility index (Phi) is 2.97. The summed E-state index contributed by atoms with van der Waals surface area (Å²) in [5.41, 5.74) is 0.256. The van der Waals surface area contributed by atoms with Gasteiger partial charge in [0.2, 0.25) is 17.5 Å². The van der Waals surface area contributed by atoms with Crippen LogP contribution in [0.3, 0.4) is 0 Å². The zero-order valence-electron chi connectivity index (χ0n) is 11.0. The molecule has 0 aromatic carbocycles. The van der Waals surface area contributed by atoms with Crippen LogP contribution in [0.2, 0.25) is 0 Å². The Morgan fingerprint density at radius 3 is 2.79 bits per heavy atom. The molecule has 1 saturated carbocycles. The molecular weight excluding hydrogens is 242 g/mol. The van der Waals surface area contributed by atoms with E-state index in [2.05, 4.69) is 10.1 Å². The van der Waals surface area contributed by atoms with Crippen molar-refractivity contribution in [1.82, 2.24) is 9.99 Å². The van der Waals surface area contributed by atoms with Crippen LogP contribution in [0.25, 0.3) is 0 Å². The first-order chi connectivity index (χ1) is 9.21. The molecule has 5 heteroatoms. The average molecular weight is 259 g/mol. The molecule has 1 aromatic heterocycles. The van der Waals surface area contributed by atoms with Crippen LogP contribution >= 0.6 is 0 Å². The second-order valence-electron chi connectivity index (χ2n) is 5.09. The van der Waals surface area contributed by atoms with E-state index < -0.39 is 5.72 Å². The molecule has 0 unspecified atom stereocenters. The molecule has 0 bridgehead atoms. The maximum absolute atomic E-state index is 11.8. The number of pyridine rings is 1. The van der Waals surface area contributed by atoms with Crippen LogP contribution in [0.4, 0.5) is 0 Å². The smallest absolute Gasteiger partial charge is 0.243 e. The van der Waals surface area contributed by atoms with E-state index in [-0.39, 0.29) is 5.91 Å². The van der Waals surface area contributed by atoms with Crippen molar-refractivity contribution in [2.24, 2.45) is 5.10 Å². The van der Waals surface area contributed by atoms with E-state index in [4.69, 9.17) is 4.74 Å². The summed E-state index contributed by atoms with van der Waals surface area (Å²) in [7, 11) is 0. The standard InChI is InChI=1S/C14H17N3O2/c1-11(18)17-14(7-3-2-4-8-14)19-13(16-17)12-6-5-9-15-10-12/h5-6,9-10H,2-4,7-8H2,1H3. The molecule has 0 saturated heterocycles. The molecule has 0 atom stereocenters. The number of nitrogens with zero attached hydrogens (tertiary/aromatic N) is 3. The van der Waals surface area contributed by atoms with Crippen molar-refractivity contribution < 1.29 is 9.53 Å². The molecule has 100 valence electrons. The van der Waals surface area contributed by atoms with Crippen LogP contribution < -0.4 is 0 Å². The van der Waals surface area contributed by atoms with Gasteiger partial charge in [-0.05, 0) is 25.0 Å². The number of carbonyl (C=O) groups excluding carboxylic acids is 1. The van der Waals surface area contributed by atoms with E-state index in [9.17, 15) is 4.79 Å². The lowest BCUT2D eigenvalue weighted by Crippen LogP contribution is -2.48. The van der Waals surface area contributed by atoms with Crippen LogP contribution in [0.15, 0.2) is 29.6 Å². The molecule has 5 nitrogen and oxygen atoms in total. The predicted molar refractivity (Wildman–Crippen MR) is 70.2 cm³/mol. The summed E-state index contributed by atoms with van der Waals surface area (Å²) in [6.45, 7) is 1.54. The third-order valence-electron chi connectivity index (χ3n) is 3.71. The Hall–Kier alpha value is -1.91. The molecule has 1 amide bonds. The lowest BCUT2D eigenvalue weighted by atomic mass is 9.91. The SMILES string of the molecule is CC(=O)N1N=C(c2cccnc2)OC12CCCCC2. The molecule has 1 aliphatic carbocycles. The van der Waals surface area contributed by atoms with Gasteiger partial charge in [-0.2, -0.15) is 5.01 Å². The number of hydrogen-bond donors (Lipinski definition) is 0. The molecule has 1 spiro atoms. The Morgan fingerprint density at radius 2 is 2.16 bits per heavy atom. The Balaban J connectivity index is 1.93. The number of amides is 1. The van der Waals surface area contributed by atoms with Gasteiger partial charge in [-0.1, -0.05) is 6.42 Å². The number of rotatable bonds is 1. The zero-order chi connectivity index (χ0) is 13.3. The zero-order valence-corrected chi connectivity index (χ0v) is 11.0. The van der Waals surface area contributed by atoms with E-state index in [1.165, 1.54) is 18.4 Å². The second-order valence-corrected chi connectivity index (χ2v) is 5.09. The van der Waals surface area contributed by atoms with Crippen LogP contribution in [0.5, 0.6) is 0 Å². The lowest BCUT2D eigenvalue weighted by Gasteiger charge is -2.37. The molecule has 2 aliphatic rings. The fourth-order valence-electron chi connectivity index (χ4n) is 2.81. The Labute approximate surface area is 112 Å². The van der Waals surface area contributed by atoms with E-state index in [0.29, 0.717) is 5.90 Å². The first-order valence-electron chi connectivity index (χ1n) is 6.70. The third kappa shape index (κ3) is 2.09. The van der Waals surface area contributed by atoms with Crippen molar-refractivity contribution in [3.05, 3.63) is 30.1 Å². The van der Waals surface area contributed by atoms with Crippen molar-refractivity contribution in [3.8, 4) is 0 Å². The van der Waals surface area contributed by atoms with Gasteiger partial charge in [0.1, 0.15) is 0 Å². The first-order valence-corrected chi connectivity index (χ1v) is 6.70. The summed E-state index contributed by atoms with van der Waals surface area (Å²) in [6.07, 6.45) is 8.44. The molecule has 1 aliphatic heterocycles. The summed E-state index contributed by atoms with van der Waals surface area (Å²) in [5, 5.41) is 5.90. The summed E-state index contributed by atoms with van der Waals surface area (Å²) in [5.74, 6) is 0.436. The predicted octanol–water partition coefficient (Wildman–Crippen LogP) is 2.28. The van der Waals surface area contributed by atoms with Crippen molar-refractivity contribution in [2.45, 2.75) is 44.8 Å². The highest BCUT2D eigenvalue weighted by Gasteiger charge is 2.47. The number of hydrazone groups is 1. The Bertz CT molecular complexity index is 507. The number of ether oxygens (including phenoxy) is 1. The molecule has 2 heterocycles. The van der Waals surface area contributed by atoms with Crippen LogP contribution in [0.1, 0.15) is 44.6 Å². The van der Waals surface area contributed by atoms with Gasteiger partial charge >= 0.3 is 0 Å². The van der Waals surface area contributed by atoms with Gasteiger partial charge in [-0.15, -0.1) is 5.10 Å². The fraction of sp³-hybridized carbons (Fsp3) is 0.500. The topological polar surface area (TPSA) is 54.8 Å². The minimum atomic E-state index is -0.560. The van der Waals surface area contributed by atoms with Crippen molar-refractivity contribution >= 4 is 11.8 Å². The summed E-state index contributed by atoms with van der Waals surface area (Å²) in [4.78, 5) is 15.9. The molecule has 0 N–H and O–H groups in total. The molecule has 0 radical (unpaired) electrons. The van der Waals surface area contributed by atoms with Gasteiger partial charge < -0.3 is 4.74 Å². The van der Waals surface area contributed by atoms with Crippen molar-refractivity contribution in [3.63, 3.8) is 0 Å². The quantitative estimate of drug-likeness (QED) is 0.777. The summed E-state index contributed by atoms with van der Waals surface area (Å²) < 4.78 is 6.06. The molecule has 3 rings (SSSR count). The first kappa shape index (κ1) is 12.1. The third-order valence-corrected chi connectivity index (χ3v) is 3.71. The van der Waals surface area contributed by atoms with Crippen molar-refractivity contribution in [1.29, 1.82) is 0 Å². The maximum atomic E-state index is 11.8. The van der Waals surface area contributed by atoms with Crippen LogP contribution in [-0.2, 0) is 9.53 Å².